The molecule has 0 bridgehead atoms. The molecule has 3 rings (SSSR count). The summed E-state index contributed by atoms with van der Waals surface area (Å²) in [7, 11) is -2.66. The molecule has 0 aromatic heterocycles. The number of carbonyl (C=O) groups excluding carboxylic acids is 2. The fourth-order valence-corrected chi connectivity index (χ4v) is 6.19. The van der Waals surface area contributed by atoms with Gasteiger partial charge < -0.3 is 15.0 Å². The first kappa shape index (κ1) is 31.3. The molecule has 11 heteroatoms. The summed E-state index contributed by atoms with van der Waals surface area (Å²) in [5, 5.41) is 3.05. The van der Waals surface area contributed by atoms with Gasteiger partial charge >= 0.3 is 0 Å². The van der Waals surface area contributed by atoms with Gasteiger partial charge in [-0.25, -0.2) is 8.42 Å². The number of halogens is 1. The third-order valence-corrected chi connectivity index (χ3v) is 9.19. The number of nitrogens with zero attached hydrogens (tertiary/aromatic N) is 2. The highest BCUT2D eigenvalue weighted by Gasteiger charge is 2.33. The fraction of sp³-hybridized carbons (Fsp3) is 0.310. The summed E-state index contributed by atoms with van der Waals surface area (Å²) in [5.41, 5.74) is 0.930. The highest BCUT2D eigenvalue weighted by molar-refractivity contribution is 7.98. The minimum atomic E-state index is -4.16. The molecule has 1 atom stereocenters. The van der Waals surface area contributed by atoms with E-state index in [1.807, 2.05) is 13.2 Å². The normalized spacial score (nSPS) is 11.9. The van der Waals surface area contributed by atoms with Gasteiger partial charge in [-0.2, -0.15) is 0 Å². The van der Waals surface area contributed by atoms with Crippen LogP contribution in [0.3, 0.4) is 0 Å². The summed E-state index contributed by atoms with van der Waals surface area (Å²) in [6.07, 6.45) is 2.22. The molecule has 0 fully saturated rings. The van der Waals surface area contributed by atoms with E-state index in [-0.39, 0.29) is 23.0 Å². The summed E-state index contributed by atoms with van der Waals surface area (Å²) in [5.74, 6) is -0.329. The Balaban J connectivity index is 2.07. The summed E-state index contributed by atoms with van der Waals surface area (Å²) >= 11 is 7.89. The second-order valence-electron chi connectivity index (χ2n) is 8.77. The molecule has 0 unspecified atom stereocenters. The van der Waals surface area contributed by atoms with Crippen molar-refractivity contribution in [2.75, 3.05) is 30.8 Å². The minimum absolute atomic E-state index is 0.0318. The Morgan fingerprint density at radius 1 is 1.00 bits per heavy atom. The van der Waals surface area contributed by atoms with Gasteiger partial charge in [0.15, 0.2) is 0 Å². The average molecular weight is 604 g/mol. The molecule has 0 aliphatic carbocycles. The fourth-order valence-electron chi connectivity index (χ4n) is 4.18. The van der Waals surface area contributed by atoms with Crippen molar-refractivity contribution in [2.45, 2.75) is 42.6 Å². The lowest BCUT2D eigenvalue weighted by Crippen LogP contribution is -2.51. The first-order valence-electron chi connectivity index (χ1n) is 12.8. The van der Waals surface area contributed by atoms with Gasteiger partial charge in [0.2, 0.25) is 11.8 Å². The van der Waals surface area contributed by atoms with Crippen LogP contribution in [-0.2, 0) is 26.2 Å². The van der Waals surface area contributed by atoms with E-state index in [1.54, 1.807) is 67.6 Å². The molecule has 0 aliphatic heterocycles. The van der Waals surface area contributed by atoms with Crippen molar-refractivity contribution >= 4 is 50.9 Å². The summed E-state index contributed by atoms with van der Waals surface area (Å²) in [4.78, 5) is 29.1. The summed E-state index contributed by atoms with van der Waals surface area (Å²) < 4.78 is 34.5. The van der Waals surface area contributed by atoms with Gasteiger partial charge in [-0.3, -0.25) is 13.9 Å². The zero-order valence-corrected chi connectivity index (χ0v) is 25.4. The number of rotatable bonds is 13. The van der Waals surface area contributed by atoms with Crippen LogP contribution in [0.4, 0.5) is 5.69 Å². The van der Waals surface area contributed by atoms with Gasteiger partial charge in [0.25, 0.3) is 10.0 Å². The molecule has 40 heavy (non-hydrogen) atoms. The van der Waals surface area contributed by atoms with E-state index in [2.05, 4.69) is 5.32 Å². The Hall–Kier alpha value is -3.21. The van der Waals surface area contributed by atoms with Crippen molar-refractivity contribution in [3.63, 3.8) is 0 Å². The Kier molecular flexibility index (Phi) is 11.3. The number of carbonyl (C=O) groups is 2. The number of likely N-dealkylation sites (N-methyl/N-ethyl adjacent to an activating group) is 1. The van der Waals surface area contributed by atoms with E-state index in [0.717, 1.165) is 9.20 Å². The predicted octanol–water partition coefficient (Wildman–Crippen LogP) is 5.21. The van der Waals surface area contributed by atoms with Gasteiger partial charge in [0.1, 0.15) is 18.3 Å². The van der Waals surface area contributed by atoms with E-state index in [1.165, 1.54) is 35.8 Å². The molecule has 3 aromatic rings. The third-order valence-electron chi connectivity index (χ3n) is 6.29. The standard InChI is InChI=1S/C29H34ClN3O5S2/c1-5-27(29(35)31-3)32(19-21-9-7-8-10-26(21)30)28(34)20-33(22-11-13-23(14-12-22)38-6-2)40(36,37)25-17-15-24(39-4)16-18-25/h7-18,27H,5-6,19-20H2,1-4H3,(H,31,35)/t27-/m0/s1. The Bertz CT molecular complexity index is 1400. The number of amides is 2. The van der Waals surface area contributed by atoms with Crippen molar-refractivity contribution in [3.8, 4) is 5.75 Å². The molecular weight excluding hydrogens is 570 g/mol. The molecular formula is C29H34ClN3O5S2. The second kappa shape index (κ2) is 14.4. The Morgan fingerprint density at radius 2 is 1.65 bits per heavy atom. The average Bonchev–Trinajstić information content (AvgIpc) is 2.97. The molecule has 8 nitrogen and oxygen atoms in total. The number of ether oxygens (including phenoxy) is 1. The Morgan fingerprint density at radius 3 is 2.20 bits per heavy atom. The lowest BCUT2D eigenvalue weighted by atomic mass is 10.1. The summed E-state index contributed by atoms with van der Waals surface area (Å²) in [6.45, 7) is 3.60. The second-order valence-corrected chi connectivity index (χ2v) is 11.9. The SMILES string of the molecule is CCOc1ccc(N(CC(=O)N(Cc2ccccc2Cl)[C@@H](CC)C(=O)NC)S(=O)(=O)c2ccc(SC)cc2)cc1. The smallest absolute Gasteiger partial charge is 0.264 e. The van der Waals surface area contributed by atoms with Crippen LogP contribution in [0.5, 0.6) is 5.75 Å². The number of thioether (sulfide) groups is 1. The molecule has 0 saturated heterocycles. The third kappa shape index (κ3) is 7.50. The van der Waals surface area contributed by atoms with Crippen LogP contribution in [0.25, 0.3) is 0 Å². The zero-order valence-electron chi connectivity index (χ0n) is 23.0. The van der Waals surface area contributed by atoms with Crippen LogP contribution >= 0.6 is 23.4 Å². The number of anilines is 1. The lowest BCUT2D eigenvalue weighted by molar-refractivity contribution is -0.140. The quantitative estimate of drug-likeness (QED) is 0.270. The number of hydrogen-bond acceptors (Lipinski definition) is 6. The van der Waals surface area contributed by atoms with E-state index < -0.39 is 28.5 Å². The van der Waals surface area contributed by atoms with Crippen LogP contribution in [0.15, 0.2) is 82.6 Å². The predicted molar refractivity (Wildman–Crippen MR) is 161 cm³/mol. The van der Waals surface area contributed by atoms with Gasteiger partial charge in [0, 0.05) is 23.5 Å². The lowest BCUT2D eigenvalue weighted by Gasteiger charge is -2.33. The van der Waals surface area contributed by atoms with E-state index in [0.29, 0.717) is 29.4 Å². The van der Waals surface area contributed by atoms with Crippen LogP contribution in [0.2, 0.25) is 5.02 Å². The molecule has 0 saturated carbocycles. The van der Waals surface area contributed by atoms with Gasteiger partial charge in [-0.15, -0.1) is 11.8 Å². The number of sulfonamides is 1. The summed E-state index contributed by atoms with van der Waals surface area (Å²) in [6, 6.07) is 19.2. The van der Waals surface area contributed by atoms with Crippen LogP contribution < -0.4 is 14.4 Å². The van der Waals surface area contributed by atoms with Crippen molar-refractivity contribution in [2.24, 2.45) is 0 Å². The maximum absolute atomic E-state index is 14.0. The largest absolute Gasteiger partial charge is 0.494 e. The van der Waals surface area contributed by atoms with E-state index in [4.69, 9.17) is 16.3 Å². The maximum atomic E-state index is 14.0. The van der Waals surface area contributed by atoms with Crippen LogP contribution in [0.1, 0.15) is 25.8 Å². The highest BCUT2D eigenvalue weighted by atomic mass is 35.5. The van der Waals surface area contributed by atoms with Crippen LogP contribution in [-0.4, -0.2) is 57.6 Å². The van der Waals surface area contributed by atoms with E-state index >= 15 is 0 Å². The van der Waals surface area contributed by atoms with Gasteiger partial charge in [-0.1, -0.05) is 36.7 Å². The van der Waals surface area contributed by atoms with Crippen LogP contribution in [0, 0.1) is 0 Å². The van der Waals surface area contributed by atoms with Crippen molar-refractivity contribution in [3.05, 3.63) is 83.4 Å². The molecule has 2 amide bonds. The number of nitrogens with one attached hydrogen (secondary N) is 1. The van der Waals surface area contributed by atoms with Crippen molar-refractivity contribution in [1.29, 1.82) is 0 Å². The molecule has 0 spiro atoms. The minimum Gasteiger partial charge on any atom is -0.494 e. The molecule has 0 heterocycles. The topological polar surface area (TPSA) is 96.0 Å². The molecule has 3 aromatic carbocycles. The van der Waals surface area contributed by atoms with Gasteiger partial charge in [0.05, 0.1) is 17.2 Å². The Labute approximate surface area is 245 Å². The molecule has 214 valence electrons. The molecule has 1 N–H and O–H groups in total. The van der Waals surface area contributed by atoms with Crippen molar-refractivity contribution in [1.82, 2.24) is 10.2 Å². The van der Waals surface area contributed by atoms with Crippen molar-refractivity contribution < 1.29 is 22.7 Å². The number of benzene rings is 3. The monoisotopic (exact) mass is 603 g/mol. The molecule has 0 aliphatic rings. The zero-order chi connectivity index (χ0) is 29.3. The first-order chi connectivity index (χ1) is 19.2. The van der Waals surface area contributed by atoms with Gasteiger partial charge in [-0.05, 0) is 79.8 Å². The number of hydrogen-bond donors (Lipinski definition) is 1. The highest BCUT2D eigenvalue weighted by Crippen LogP contribution is 2.28. The van der Waals surface area contributed by atoms with E-state index in [9.17, 15) is 18.0 Å². The maximum Gasteiger partial charge on any atom is 0.264 e. The molecule has 0 radical (unpaired) electrons. The first-order valence-corrected chi connectivity index (χ1v) is 15.8.